The maximum Gasteiger partial charge on any atom is 0.162 e. The third-order valence-corrected chi connectivity index (χ3v) is 3.56. The number of rotatable bonds is 9. The second-order valence-corrected chi connectivity index (χ2v) is 5.34. The van der Waals surface area contributed by atoms with Crippen LogP contribution in [0.3, 0.4) is 0 Å². The highest BCUT2D eigenvalue weighted by molar-refractivity contribution is 5.76. The molecule has 124 valence electrons. The van der Waals surface area contributed by atoms with Gasteiger partial charge in [0, 0.05) is 5.56 Å². The van der Waals surface area contributed by atoms with Gasteiger partial charge < -0.3 is 9.47 Å². The van der Waals surface area contributed by atoms with Gasteiger partial charge in [-0.2, -0.15) is 0 Å². The van der Waals surface area contributed by atoms with Crippen LogP contribution < -0.4 is 9.47 Å². The first-order valence-electron chi connectivity index (χ1n) is 7.91. The van der Waals surface area contributed by atoms with Crippen LogP contribution in [0.2, 0.25) is 0 Å². The van der Waals surface area contributed by atoms with Gasteiger partial charge in [-0.1, -0.05) is 49.6 Å². The maximum absolute atomic E-state index is 11.0. The molecule has 1 aliphatic carbocycles. The molecule has 24 heavy (non-hydrogen) atoms. The molecule has 0 bridgehead atoms. The lowest BCUT2D eigenvalue weighted by atomic mass is 10.1. The number of carbonyl (C=O) groups excluding carboxylic acids is 1. The fourth-order valence-electron chi connectivity index (χ4n) is 2.25. The van der Waals surface area contributed by atoms with Crippen molar-refractivity contribution in [2.75, 3.05) is 13.2 Å². The molecule has 0 heterocycles. The Morgan fingerprint density at radius 1 is 1.17 bits per heavy atom. The Kier molecular flexibility index (Phi) is 6.84. The average molecular weight is 322 g/mol. The lowest BCUT2D eigenvalue weighted by molar-refractivity contribution is 0.112. The van der Waals surface area contributed by atoms with Crippen molar-refractivity contribution in [1.29, 1.82) is 0 Å². The fraction of sp³-hybridized carbons (Fsp3) is 0.190. The van der Waals surface area contributed by atoms with Gasteiger partial charge in [-0.15, -0.1) is 0 Å². The molecule has 0 saturated heterocycles. The van der Waals surface area contributed by atoms with Crippen molar-refractivity contribution >= 4 is 6.29 Å². The van der Waals surface area contributed by atoms with Crippen molar-refractivity contribution in [3.8, 4) is 11.5 Å². The van der Waals surface area contributed by atoms with E-state index in [0.717, 1.165) is 30.3 Å². The molecule has 0 aromatic heterocycles. The van der Waals surface area contributed by atoms with E-state index >= 15 is 0 Å². The van der Waals surface area contributed by atoms with E-state index in [9.17, 15) is 4.79 Å². The largest absolute Gasteiger partial charge is 0.485 e. The van der Waals surface area contributed by atoms with E-state index in [4.69, 9.17) is 9.47 Å². The average Bonchev–Trinajstić information content (AvgIpc) is 2.64. The van der Waals surface area contributed by atoms with Gasteiger partial charge in [0.15, 0.2) is 11.5 Å². The summed E-state index contributed by atoms with van der Waals surface area (Å²) in [6, 6.07) is 5.16. The predicted octanol–water partition coefficient (Wildman–Crippen LogP) is 4.83. The summed E-state index contributed by atoms with van der Waals surface area (Å²) in [5.74, 6) is 1.15. The lowest BCUT2D eigenvalue weighted by Gasteiger charge is -2.15. The molecule has 0 unspecified atom stereocenters. The molecule has 1 aromatic carbocycles. The van der Waals surface area contributed by atoms with Crippen LogP contribution in [-0.2, 0) is 0 Å². The summed E-state index contributed by atoms with van der Waals surface area (Å²) in [5.41, 5.74) is 2.58. The van der Waals surface area contributed by atoms with Crippen molar-refractivity contribution in [2.24, 2.45) is 0 Å². The smallest absolute Gasteiger partial charge is 0.162 e. The summed E-state index contributed by atoms with van der Waals surface area (Å²) in [6.45, 7) is 8.22. The molecular weight excluding hydrogens is 300 g/mol. The van der Waals surface area contributed by atoms with Crippen LogP contribution in [0.1, 0.15) is 23.2 Å². The number of carbonyl (C=O) groups is 1. The normalized spacial score (nSPS) is 13.8. The molecule has 3 heteroatoms. The predicted molar refractivity (Wildman–Crippen MR) is 97.8 cm³/mol. The maximum atomic E-state index is 11.0. The molecule has 0 N–H and O–H groups in total. The molecule has 1 aromatic rings. The van der Waals surface area contributed by atoms with Crippen molar-refractivity contribution < 1.29 is 14.3 Å². The molecule has 0 spiro atoms. The minimum absolute atomic E-state index is 0.330. The number of benzene rings is 1. The monoisotopic (exact) mass is 322 g/mol. The van der Waals surface area contributed by atoms with E-state index in [2.05, 4.69) is 31.4 Å². The first-order valence-corrected chi connectivity index (χ1v) is 7.91. The summed E-state index contributed by atoms with van der Waals surface area (Å²) in [4.78, 5) is 11.0. The van der Waals surface area contributed by atoms with Crippen LogP contribution in [0, 0.1) is 0 Å². The molecule has 2 rings (SSSR count). The molecule has 0 aliphatic heterocycles. The molecular formula is C21H22O3. The molecule has 0 saturated carbocycles. The third-order valence-electron chi connectivity index (χ3n) is 3.56. The summed E-state index contributed by atoms with van der Waals surface area (Å²) >= 11 is 0. The number of ether oxygens (including phenoxy) is 2. The third kappa shape index (κ3) is 5.13. The van der Waals surface area contributed by atoms with Gasteiger partial charge in [0.1, 0.15) is 19.5 Å². The Hall–Kier alpha value is -2.81. The summed E-state index contributed by atoms with van der Waals surface area (Å²) in [6.07, 6.45) is 14.5. The first-order chi connectivity index (χ1) is 11.8. The second kappa shape index (κ2) is 9.36. The number of hydrogen-bond acceptors (Lipinski definition) is 3. The van der Waals surface area contributed by atoms with E-state index in [1.54, 1.807) is 30.4 Å². The van der Waals surface area contributed by atoms with E-state index in [1.807, 2.05) is 6.08 Å². The van der Waals surface area contributed by atoms with Crippen LogP contribution >= 0.6 is 0 Å². The lowest BCUT2D eigenvalue weighted by Crippen LogP contribution is -2.05. The van der Waals surface area contributed by atoms with E-state index in [1.165, 1.54) is 0 Å². The Morgan fingerprint density at radius 3 is 2.71 bits per heavy atom. The van der Waals surface area contributed by atoms with Crippen molar-refractivity contribution in [1.82, 2.24) is 0 Å². The number of aldehydes is 1. The minimum atomic E-state index is 0.330. The summed E-state index contributed by atoms with van der Waals surface area (Å²) in [5, 5.41) is 0. The van der Waals surface area contributed by atoms with Gasteiger partial charge in [0.05, 0.1) is 0 Å². The first kappa shape index (κ1) is 17.5. The molecule has 0 atom stereocenters. The van der Waals surface area contributed by atoms with Gasteiger partial charge >= 0.3 is 0 Å². The van der Waals surface area contributed by atoms with Crippen molar-refractivity contribution in [3.05, 3.63) is 84.5 Å². The van der Waals surface area contributed by atoms with Crippen LogP contribution in [0.5, 0.6) is 11.5 Å². The summed E-state index contributed by atoms with van der Waals surface area (Å²) < 4.78 is 11.7. The van der Waals surface area contributed by atoms with Crippen LogP contribution in [-0.4, -0.2) is 19.5 Å². The Bertz CT molecular complexity index is 693. The number of allylic oxidation sites excluding steroid dienone is 4. The highest BCUT2D eigenvalue weighted by atomic mass is 16.5. The van der Waals surface area contributed by atoms with Gasteiger partial charge in [-0.05, 0) is 42.2 Å². The van der Waals surface area contributed by atoms with E-state index in [0.29, 0.717) is 30.3 Å². The zero-order valence-corrected chi connectivity index (χ0v) is 13.7. The SMILES string of the molecule is C=C/C=C(\C=C)COc1cc(C=O)ccc1OCC1=CCCC=C1. The molecule has 3 nitrogen and oxygen atoms in total. The zero-order valence-electron chi connectivity index (χ0n) is 13.7. The Labute approximate surface area is 143 Å². The van der Waals surface area contributed by atoms with Gasteiger partial charge in [0.25, 0.3) is 0 Å². The van der Waals surface area contributed by atoms with Gasteiger partial charge in [0.2, 0.25) is 0 Å². The molecule has 0 fully saturated rings. The second-order valence-electron chi connectivity index (χ2n) is 5.34. The highest BCUT2D eigenvalue weighted by Crippen LogP contribution is 2.29. The quantitative estimate of drug-likeness (QED) is 0.482. The topological polar surface area (TPSA) is 35.5 Å². The standard InChI is InChI=1S/C21H22O3/c1-3-8-17(4-2)15-24-21-13-19(14-22)11-12-20(21)23-16-18-9-6-5-7-10-18/h3-4,6,8-14H,1-2,5,7,15-16H2/b17-8+. The number of hydrogen-bond donors (Lipinski definition) is 0. The highest BCUT2D eigenvalue weighted by Gasteiger charge is 2.09. The van der Waals surface area contributed by atoms with Crippen LogP contribution in [0.25, 0.3) is 0 Å². The molecule has 0 radical (unpaired) electrons. The molecule has 0 amide bonds. The van der Waals surface area contributed by atoms with E-state index < -0.39 is 0 Å². The van der Waals surface area contributed by atoms with E-state index in [-0.39, 0.29) is 0 Å². The van der Waals surface area contributed by atoms with Crippen molar-refractivity contribution in [2.45, 2.75) is 12.8 Å². The van der Waals surface area contributed by atoms with Crippen LogP contribution in [0.4, 0.5) is 0 Å². The van der Waals surface area contributed by atoms with Gasteiger partial charge in [-0.25, -0.2) is 0 Å². The van der Waals surface area contributed by atoms with Crippen LogP contribution in [0.15, 0.2) is 79.0 Å². The molecule has 1 aliphatic rings. The fourth-order valence-corrected chi connectivity index (χ4v) is 2.25. The van der Waals surface area contributed by atoms with Crippen molar-refractivity contribution in [3.63, 3.8) is 0 Å². The zero-order chi connectivity index (χ0) is 17.2. The Balaban J connectivity index is 2.11. The minimum Gasteiger partial charge on any atom is -0.485 e. The summed E-state index contributed by atoms with van der Waals surface area (Å²) in [7, 11) is 0. The van der Waals surface area contributed by atoms with Gasteiger partial charge in [-0.3, -0.25) is 4.79 Å². The Morgan fingerprint density at radius 2 is 2.04 bits per heavy atom.